The van der Waals surface area contributed by atoms with Crippen LogP contribution >= 0.6 is 0 Å². The Kier molecular flexibility index (Phi) is 4.59. The maximum Gasteiger partial charge on any atom is 0.307 e. The number of carbonyl (C=O) groups is 1. The summed E-state index contributed by atoms with van der Waals surface area (Å²) in [5.74, 6) is 0.253. The Morgan fingerprint density at radius 3 is 2.74 bits per heavy atom. The van der Waals surface area contributed by atoms with E-state index >= 15 is 0 Å². The molecule has 0 heterocycles. The van der Waals surface area contributed by atoms with Crippen LogP contribution in [0.3, 0.4) is 0 Å². The highest BCUT2D eigenvalue weighted by molar-refractivity contribution is 5.71. The van der Waals surface area contributed by atoms with Crippen LogP contribution in [0.4, 0.5) is 0 Å². The van der Waals surface area contributed by atoms with Crippen LogP contribution in [0, 0.1) is 0 Å². The highest BCUT2D eigenvalue weighted by Crippen LogP contribution is 2.42. The molecule has 0 bridgehead atoms. The normalized spacial score (nSPS) is 26.9. The van der Waals surface area contributed by atoms with Gasteiger partial charge < -0.3 is 10.1 Å². The van der Waals surface area contributed by atoms with Gasteiger partial charge in [0.2, 0.25) is 0 Å². The molecule has 1 aliphatic rings. The second kappa shape index (κ2) is 6.20. The second-order valence-corrected chi connectivity index (χ2v) is 5.37. The molecule has 2 rings (SSSR count). The molecule has 1 saturated carbocycles. The van der Waals surface area contributed by atoms with Crippen LogP contribution in [0.5, 0.6) is 0 Å². The monoisotopic (exact) mass is 261 g/mol. The van der Waals surface area contributed by atoms with Gasteiger partial charge in [0.1, 0.15) is 0 Å². The topological polar surface area (TPSA) is 38.3 Å². The molecule has 1 aromatic carbocycles. The Hall–Kier alpha value is -1.35. The van der Waals surface area contributed by atoms with Crippen molar-refractivity contribution in [3.63, 3.8) is 0 Å². The minimum absolute atomic E-state index is 0.128. The largest absolute Gasteiger partial charge is 0.469 e. The molecule has 19 heavy (non-hydrogen) atoms. The van der Waals surface area contributed by atoms with E-state index in [0.29, 0.717) is 12.3 Å². The van der Waals surface area contributed by atoms with Gasteiger partial charge in [-0.15, -0.1) is 0 Å². The molecule has 3 heteroatoms. The fraction of sp³-hybridized carbons (Fsp3) is 0.562. The van der Waals surface area contributed by atoms with Gasteiger partial charge in [0.15, 0.2) is 0 Å². The molecule has 0 saturated heterocycles. The van der Waals surface area contributed by atoms with E-state index in [1.165, 1.54) is 25.5 Å². The van der Waals surface area contributed by atoms with E-state index in [1.807, 2.05) is 13.1 Å². The number of hydrogen-bond donors (Lipinski definition) is 1. The quantitative estimate of drug-likeness (QED) is 0.847. The first-order valence-corrected chi connectivity index (χ1v) is 7.02. The van der Waals surface area contributed by atoms with Crippen LogP contribution in [-0.2, 0) is 9.53 Å². The zero-order valence-electron chi connectivity index (χ0n) is 11.8. The van der Waals surface area contributed by atoms with E-state index in [4.69, 9.17) is 4.74 Å². The molecule has 1 fully saturated rings. The summed E-state index contributed by atoms with van der Waals surface area (Å²) in [6.45, 7) is 0. The van der Waals surface area contributed by atoms with Gasteiger partial charge in [-0.3, -0.25) is 4.79 Å². The second-order valence-electron chi connectivity index (χ2n) is 5.37. The van der Waals surface area contributed by atoms with Crippen LogP contribution in [0.2, 0.25) is 0 Å². The van der Waals surface area contributed by atoms with E-state index in [1.54, 1.807) is 0 Å². The summed E-state index contributed by atoms with van der Waals surface area (Å²) >= 11 is 0. The van der Waals surface area contributed by atoms with Crippen LogP contribution < -0.4 is 5.32 Å². The smallest absolute Gasteiger partial charge is 0.307 e. The van der Waals surface area contributed by atoms with Crippen molar-refractivity contribution in [2.75, 3.05) is 14.2 Å². The van der Waals surface area contributed by atoms with Gasteiger partial charge in [-0.25, -0.2) is 0 Å². The summed E-state index contributed by atoms with van der Waals surface area (Å²) in [5.41, 5.74) is 1.16. The lowest BCUT2D eigenvalue weighted by molar-refractivity contribution is -0.143. The van der Waals surface area contributed by atoms with Crippen molar-refractivity contribution in [3.8, 4) is 0 Å². The summed E-state index contributed by atoms with van der Waals surface area (Å²) in [4.78, 5) is 11.8. The van der Waals surface area contributed by atoms with Crippen molar-refractivity contribution in [1.29, 1.82) is 0 Å². The minimum Gasteiger partial charge on any atom is -0.469 e. The van der Waals surface area contributed by atoms with E-state index in [-0.39, 0.29) is 11.5 Å². The molecular formula is C16H23NO2. The van der Waals surface area contributed by atoms with Gasteiger partial charge in [0, 0.05) is 11.5 Å². The predicted molar refractivity (Wildman–Crippen MR) is 76.1 cm³/mol. The summed E-state index contributed by atoms with van der Waals surface area (Å²) in [5, 5.41) is 3.43. The predicted octanol–water partition coefficient (Wildman–Crippen LogP) is 2.87. The lowest BCUT2D eigenvalue weighted by Gasteiger charge is -2.44. The fourth-order valence-corrected chi connectivity index (χ4v) is 3.34. The Morgan fingerprint density at radius 2 is 2.11 bits per heavy atom. The van der Waals surface area contributed by atoms with Crippen LogP contribution in [0.25, 0.3) is 0 Å². The van der Waals surface area contributed by atoms with E-state index in [2.05, 4.69) is 29.6 Å². The summed E-state index contributed by atoms with van der Waals surface area (Å²) in [6, 6.07) is 10.5. The van der Waals surface area contributed by atoms with Crippen molar-refractivity contribution < 1.29 is 9.53 Å². The van der Waals surface area contributed by atoms with Crippen molar-refractivity contribution >= 4 is 5.97 Å². The van der Waals surface area contributed by atoms with Crippen molar-refractivity contribution in [3.05, 3.63) is 35.9 Å². The first-order chi connectivity index (χ1) is 9.22. The summed E-state index contributed by atoms with van der Waals surface area (Å²) in [7, 11) is 3.43. The zero-order chi connectivity index (χ0) is 13.7. The maximum absolute atomic E-state index is 11.8. The number of ether oxygens (including phenoxy) is 1. The molecule has 1 N–H and O–H groups in total. The van der Waals surface area contributed by atoms with Crippen molar-refractivity contribution in [1.82, 2.24) is 5.32 Å². The van der Waals surface area contributed by atoms with E-state index < -0.39 is 0 Å². The lowest BCUT2D eigenvalue weighted by Crippen LogP contribution is -2.51. The van der Waals surface area contributed by atoms with Gasteiger partial charge >= 0.3 is 5.97 Å². The molecule has 0 radical (unpaired) electrons. The zero-order valence-corrected chi connectivity index (χ0v) is 11.8. The first kappa shape index (κ1) is 14.1. The Labute approximate surface area is 115 Å². The van der Waals surface area contributed by atoms with E-state index in [9.17, 15) is 4.79 Å². The van der Waals surface area contributed by atoms with Crippen LogP contribution in [-0.4, -0.2) is 25.7 Å². The van der Waals surface area contributed by atoms with Gasteiger partial charge in [-0.05, 0) is 25.5 Å². The first-order valence-electron chi connectivity index (χ1n) is 7.02. The third kappa shape index (κ3) is 2.98. The number of rotatable bonds is 4. The number of nitrogens with one attached hydrogen (secondary N) is 1. The molecule has 2 atom stereocenters. The fourth-order valence-electron chi connectivity index (χ4n) is 3.34. The molecule has 104 valence electrons. The van der Waals surface area contributed by atoms with Gasteiger partial charge in [0.25, 0.3) is 0 Å². The molecule has 1 aliphatic carbocycles. The number of esters is 1. The number of methoxy groups -OCH3 is 1. The molecule has 0 amide bonds. The molecule has 2 unspecified atom stereocenters. The molecule has 1 aromatic rings. The molecule has 0 aromatic heterocycles. The highest BCUT2D eigenvalue weighted by atomic mass is 16.5. The molecular weight excluding hydrogens is 238 g/mol. The maximum atomic E-state index is 11.8. The Bertz CT molecular complexity index is 418. The molecule has 0 spiro atoms. The van der Waals surface area contributed by atoms with Crippen LogP contribution in [0.1, 0.15) is 43.6 Å². The molecule has 0 aliphatic heterocycles. The van der Waals surface area contributed by atoms with Gasteiger partial charge in [0.05, 0.1) is 13.5 Å². The highest BCUT2D eigenvalue weighted by Gasteiger charge is 2.42. The Balaban J connectivity index is 2.29. The summed E-state index contributed by atoms with van der Waals surface area (Å²) < 4.78 is 4.89. The van der Waals surface area contributed by atoms with Gasteiger partial charge in [-0.1, -0.05) is 43.2 Å². The van der Waals surface area contributed by atoms with E-state index in [0.717, 1.165) is 12.8 Å². The number of likely N-dealkylation sites (N-methyl/N-ethyl adjacent to an activating group) is 1. The number of benzene rings is 1. The third-order valence-corrected chi connectivity index (χ3v) is 4.42. The lowest BCUT2D eigenvalue weighted by atomic mass is 9.68. The van der Waals surface area contributed by atoms with Crippen molar-refractivity contribution in [2.24, 2.45) is 0 Å². The molecule has 3 nitrogen and oxygen atoms in total. The summed E-state index contributed by atoms with van der Waals surface area (Å²) in [6.07, 6.45) is 4.99. The standard InChI is InChI=1S/C16H23NO2/c1-17-16(12-15(18)19-2)11-7-6-10-14(16)13-8-4-3-5-9-13/h3-5,8-9,14,17H,6-7,10-12H2,1-2H3. The SMILES string of the molecule is CNC1(CC(=O)OC)CCCCC1c1ccccc1. The minimum atomic E-state index is -0.160. The number of hydrogen-bond acceptors (Lipinski definition) is 3. The van der Waals surface area contributed by atoms with Crippen molar-refractivity contribution in [2.45, 2.75) is 43.6 Å². The number of carbonyl (C=O) groups excluding carboxylic acids is 1. The third-order valence-electron chi connectivity index (χ3n) is 4.42. The Morgan fingerprint density at radius 1 is 1.37 bits per heavy atom. The van der Waals surface area contributed by atoms with Gasteiger partial charge in [-0.2, -0.15) is 0 Å². The average molecular weight is 261 g/mol. The average Bonchev–Trinajstić information content (AvgIpc) is 2.48. The van der Waals surface area contributed by atoms with Crippen LogP contribution in [0.15, 0.2) is 30.3 Å².